The Morgan fingerprint density at radius 3 is 1.06 bits per heavy atom. The summed E-state index contributed by atoms with van der Waals surface area (Å²) in [7, 11) is -16.7. The lowest BCUT2D eigenvalue weighted by molar-refractivity contribution is 0.262. The largest absolute Gasteiger partial charge is 0.492 e. The third kappa shape index (κ3) is 23.5. The van der Waals surface area contributed by atoms with Crippen LogP contribution in [-0.2, 0) is 53.3 Å². The second-order valence-electron chi connectivity index (χ2n) is 19.8. The SMILES string of the molecule is CCc1cc(OCCS(=O)(=O)O)ccc1N=Nc1cc(OCCCCS(=O)(=O)O)c(N=Nc2ccc(NC(=O)Nc3ccc(N=Nc4cc(C)c(N=Nc5ccc(OCCS(=O)(=O)O)cc5CC)cc4OCCCCS(=O)(=O)O)c(C)c3)cc2C)cc1C. The summed E-state index contributed by atoms with van der Waals surface area (Å²) in [6.07, 6.45) is 1.92. The number of carbonyl (C=O) groups is 1. The van der Waals surface area contributed by atoms with E-state index < -0.39 is 69.5 Å². The Morgan fingerprint density at radius 2 is 0.705 bits per heavy atom. The molecule has 0 saturated carbocycles. The number of rotatable bonds is 32. The average Bonchev–Trinajstić information content (AvgIpc) is 1.44. The summed E-state index contributed by atoms with van der Waals surface area (Å²) >= 11 is 0. The van der Waals surface area contributed by atoms with Gasteiger partial charge in [0.15, 0.2) is 0 Å². The van der Waals surface area contributed by atoms with Crippen LogP contribution in [0.3, 0.4) is 0 Å². The van der Waals surface area contributed by atoms with Crippen molar-refractivity contribution in [3.63, 3.8) is 0 Å². The minimum atomic E-state index is -4.19. The van der Waals surface area contributed by atoms with Crippen LogP contribution in [0.15, 0.2) is 138 Å². The van der Waals surface area contributed by atoms with E-state index in [2.05, 4.69) is 51.5 Å². The molecule has 2 amide bonds. The van der Waals surface area contributed by atoms with Gasteiger partial charge in [0.05, 0.1) is 58.8 Å². The highest BCUT2D eigenvalue weighted by atomic mass is 32.2. The number of unbranched alkanes of at least 4 members (excludes halogenated alkanes) is 2. The fourth-order valence-corrected chi connectivity index (χ4v) is 9.80. The highest BCUT2D eigenvalue weighted by Crippen LogP contribution is 2.40. The molecule has 6 aromatic rings. The summed E-state index contributed by atoms with van der Waals surface area (Å²) in [4.78, 5) is 13.3. The highest BCUT2D eigenvalue weighted by Gasteiger charge is 2.16. The van der Waals surface area contributed by atoms with Crippen LogP contribution in [0.25, 0.3) is 0 Å². The van der Waals surface area contributed by atoms with E-state index in [1.165, 1.54) is 0 Å². The van der Waals surface area contributed by atoms with Crippen molar-refractivity contribution in [1.82, 2.24) is 0 Å². The van der Waals surface area contributed by atoms with Crippen LogP contribution in [0.2, 0.25) is 0 Å². The molecule has 0 radical (unpaired) electrons. The minimum Gasteiger partial charge on any atom is -0.492 e. The van der Waals surface area contributed by atoms with Crippen molar-refractivity contribution >= 4 is 103 Å². The number of nitrogens with one attached hydrogen (secondary N) is 2. The van der Waals surface area contributed by atoms with Gasteiger partial charge in [-0.15, -0.1) is 10.2 Å². The molecule has 0 saturated heterocycles. The van der Waals surface area contributed by atoms with Gasteiger partial charge in [0.1, 0.15) is 59.1 Å². The lowest BCUT2D eigenvalue weighted by atomic mass is 10.1. The van der Waals surface area contributed by atoms with E-state index in [1.54, 1.807) is 125 Å². The Bertz CT molecular complexity index is 3810. The lowest BCUT2D eigenvalue weighted by Crippen LogP contribution is -2.19. The number of ether oxygens (including phenoxy) is 4. The predicted octanol–water partition coefficient (Wildman–Crippen LogP) is 14.0. The number of anilines is 2. The molecule has 0 unspecified atom stereocenters. The maximum Gasteiger partial charge on any atom is 0.323 e. The van der Waals surface area contributed by atoms with Crippen molar-refractivity contribution in [2.24, 2.45) is 40.9 Å². The number of nitrogens with zero attached hydrogens (tertiary/aromatic N) is 8. The summed E-state index contributed by atoms with van der Waals surface area (Å²) in [5.74, 6) is -0.704. The first-order valence-electron chi connectivity index (χ1n) is 27.4. The van der Waals surface area contributed by atoms with Gasteiger partial charge in [-0.2, -0.15) is 64.4 Å². The summed E-state index contributed by atoms with van der Waals surface area (Å²) < 4.78 is 149. The van der Waals surface area contributed by atoms with Gasteiger partial charge in [-0.05, 0) is 185 Å². The molecule has 0 spiro atoms. The van der Waals surface area contributed by atoms with E-state index in [0.29, 0.717) is 103 Å². The van der Waals surface area contributed by atoms with Crippen LogP contribution in [0.1, 0.15) is 72.9 Å². The van der Waals surface area contributed by atoms with Crippen molar-refractivity contribution in [3.05, 3.63) is 130 Å². The molecule has 0 heterocycles. The molecule has 472 valence electrons. The molecule has 0 bridgehead atoms. The topological polar surface area (TPSA) is 394 Å². The number of hydrogen-bond donors (Lipinski definition) is 6. The first kappa shape index (κ1) is 68.9. The van der Waals surface area contributed by atoms with Gasteiger partial charge in [-0.1, -0.05) is 13.8 Å². The Balaban J connectivity index is 1.13. The molecular weight excluding hydrogens is 1220 g/mol. The predicted molar refractivity (Wildman–Crippen MR) is 332 cm³/mol. The van der Waals surface area contributed by atoms with Crippen LogP contribution < -0.4 is 29.6 Å². The van der Waals surface area contributed by atoms with Crippen molar-refractivity contribution in [1.29, 1.82) is 0 Å². The molecule has 0 aliphatic heterocycles. The number of azo groups is 4. The van der Waals surface area contributed by atoms with Gasteiger partial charge >= 0.3 is 6.03 Å². The number of carbonyl (C=O) groups excluding carboxylic acids is 1. The third-order valence-corrected chi connectivity index (χ3v) is 15.7. The van der Waals surface area contributed by atoms with E-state index >= 15 is 0 Å². The molecule has 27 nitrogen and oxygen atoms in total. The summed E-state index contributed by atoms with van der Waals surface area (Å²) in [5.41, 5.74) is 8.49. The van der Waals surface area contributed by atoms with Gasteiger partial charge in [0.2, 0.25) is 0 Å². The Morgan fingerprint density at radius 1 is 0.375 bits per heavy atom. The maximum atomic E-state index is 13.3. The summed E-state index contributed by atoms with van der Waals surface area (Å²) in [5, 5.41) is 41.4. The zero-order valence-electron chi connectivity index (χ0n) is 48.9. The molecule has 0 aliphatic rings. The van der Waals surface area contributed by atoms with Gasteiger partial charge in [-0.3, -0.25) is 18.2 Å². The number of benzene rings is 6. The molecule has 0 aromatic heterocycles. The van der Waals surface area contributed by atoms with E-state index in [-0.39, 0.29) is 63.6 Å². The fraction of sp³-hybridized carbons (Fsp3) is 0.351. The van der Waals surface area contributed by atoms with Gasteiger partial charge in [0.25, 0.3) is 40.5 Å². The number of amides is 2. The number of aryl methyl sites for hydroxylation is 6. The molecule has 31 heteroatoms. The van der Waals surface area contributed by atoms with E-state index in [1.807, 2.05) is 13.8 Å². The Hall–Kier alpha value is -8.17. The minimum absolute atomic E-state index is 0.0671. The number of urea groups is 1. The zero-order valence-corrected chi connectivity index (χ0v) is 52.2. The molecule has 6 aromatic carbocycles. The van der Waals surface area contributed by atoms with Gasteiger partial charge in [-0.25, -0.2) is 4.79 Å². The van der Waals surface area contributed by atoms with Crippen molar-refractivity contribution in [2.45, 2.75) is 80.1 Å². The Labute approximate surface area is 510 Å². The molecule has 0 aliphatic carbocycles. The normalized spacial score (nSPS) is 12.4. The molecule has 0 fully saturated rings. The summed E-state index contributed by atoms with van der Waals surface area (Å²) in [6.45, 7) is 10.6. The molecule has 6 rings (SSSR count). The van der Waals surface area contributed by atoms with E-state index in [0.717, 1.165) is 11.1 Å². The average molecular weight is 1290 g/mol. The monoisotopic (exact) mass is 1290 g/mol. The Kier molecular flexibility index (Phi) is 24.8. The quantitative estimate of drug-likeness (QED) is 0.0130. The third-order valence-electron chi connectivity index (χ3n) is 12.7. The van der Waals surface area contributed by atoms with Gasteiger partial charge in [0, 0.05) is 23.5 Å². The second-order valence-corrected chi connectivity index (χ2v) is 26.1. The van der Waals surface area contributed by atoms with Crippen LogP contribution in [0, 0.1) is 27.7 Å². The van der Waals surface area contributed by atoms with Crippen LogP contribution in [0.5, 0.6) is 23.0 Å². The summed E-state index contributed by atoms with van der Waals surface area (Å²) in [6, 6.07) is 26.1. The first-order valence-corrected chi connectivity index (χ1v) is 33.8. The highest BCUT2D eigenvalue weighted by molar-refractivity contribution is 7.86. The van der Waals surface area contributed by atoms with Crippen LogP contribution in [-0.4, -0.2) is 107 Å². The first-order chi connectivity index (χ1) is 41.5. The molecule has 88 heavy (non-hydrogen) atoms. The zero-order chi connectivity index (χ0) is 64.2. The van der Waals surface area contributed by atoms with Crippen molar-refractivity contribution in [2.75, 3.05) is 60.1 Å². The molecule has 6 N–H and O–H groups in total. The standard InChI is InChI=1S/C57H68N10O17S4/c1-7-41-33-45(81-23-27-87(75,76)77)15-19-49(41)62-64-51-35-55(83-21-9-11-25-85(69,70)71)53(31-39(51)5)66-60-47-17-13-43(29-37(47)3)58-57(68)59-44-14-18-48(38(4)30-44)61-67-54-32-40(6)52(36-56(54)84-22-10-12-26-86(72,73)74)65-63-50-20-16-46(34-42(50)8-2)82-24-28-88(78,79)80/h13-20,29-36H,7-12,21-28H2,1-6H3,(H2,58,59,68)(H,69,70,71)(H,72,73,74)(H,75,76,77)(H,78,79,80). The fourth-order valence-electron chi connectivity index (χ4n) is 8.07. The lowest BCUT2D eigenvalue weighted by Gasteiger charge is -2.12. The van der Waals surface area contributed by atoms with Crippen LogP contribution >= 0.6 is 0 Å². The van der Waals surface area contributed by atoms with E-state index in [4.69, 9.17) is 28.1 Å². The number of hydrogen-bond acceptors (Lipinski definition) is 21. The van der Waals surface area contributed by atoms with Crippen molar-refractivity contribution in [3.8, 4) is 23.0 Å². The maximum absolute atomic E-state index is 13.3. The molecular formula is C57H68N10O17S4. The second kappa shape index (κ2) is 31.7. The smallest absolute Gasteiger partial charge is 0.323 e. The van der Waals surface area contributed by atoms with Gasteiger partial charge < -0.3 is 29.6 Å². The van der Waals surface area contributed by atoms with Crippen LogP contribution in [0.4, 0.5) is 61.7 Å². The van der Waals surface area contributed by atoms with E-state index in [9.17, 15) is 47.6 Å². The van der Waals surface area contributed by atoms with Crippen molar-refractivity contribution < 1.29 is 75.6 Å². The molecule has 0 atom stereocenters.